The summed E-state index contributed by atoms with van der Waals surface area (Å²) < 4.78 is 5.44. The lowest BCUT2D eigenvalue weighted by atomic mass is 10.0. The fourth-order valence-corrected chi connectivity index (χ4v) is 3.99. The first-order valence-corrected chi connectivity index (χ1v) is 9.58. The number of aliphatic hydroxyl groups excluding tert-OH is 1. The quantitative estimate of drug-likeness (QED) is 0.454. The van der Waals surface area contributed by atoms with Crippen LogP contribution in [-0.2, 0) is 6.61 Å². The first kappa shape index (κ1) is 18.9. The molecule has 4 rings (SSSR count). The fourth-order valence-electron chi connectivity index (χ4n) is 3.00. The Kier molecular flexibility index (Phi) is 4.87. The molecule has 1 amide bonds. The van der Waals surface area contributed by atoms with Gasteiger partial charge in [0.2, 0.25) is 0 Å². The molecule has 3 N–H and O–H groups in total. The predicted molar refractivity (Wildman–Crippen MR) is 109 cm³/mol. The molecule has 2 aromatic heterocycles. The van der Waals surface area contributed by atoms with Crippen LogP contribution in [-0.4, -0.2) is 27.1 Å². The number of aromatic carboxylic acids is 1. The first-order chi connectivity index (χ1) is 14.0. The maximum atomic E-state index is 12.6. The summed E-state index contributed by atoms with van der Waals surface area (Å²) in [6.45, 7) is 1.72. The molecule has 0 saturated heterocycles. The summed E-state index contributed by atoms with van der Waals surface area (Å²) in [5.41, 5.74) is 3.43. The van der Waals surface area contributed by atoms with E-state index in [9.17, 15) is 19.8 Å². The number of oxazole rings is 1. The number of carbonyl (C=O) groups excluding carboxylic acids is 1. The van der Waals surface area contributed by atoms with Crippen LogP contribution in [0.1, 0.15) is 32.2 Å². The molecule has 146 valence electrons. The number of nitrogens with zero attached hydrogens (tertiary/aromatic N) is 1. The van der Waals surface area contributed by atoms with Crippen molar-refractivity contribution in [3.8, 4) is 10.4 Å². The lowest BCUT2D eigenvalue weighted by Crippen LogP contribution is -2.14. The van der Waals surface area contributed by atoms with Gasteiger partial charge < -0.3 is 19.9 Å². The molecule has 2 heterocycles. The van der Waals surface area contributed by atoms with Crippen LogP contribution < -0.4 is 5.32 Å². The van der Waals surface area contributed by atoms with Crippen molar-refractivity contribution in [1.82, 2.24) is 4.98 Å². The van der Waals surface area contributed by atoms with Crippen LogP contribution >= 0.6 is 11.3 Å². The average Bonchev–Trinajstić information content (AvgIpc) is 3.32. The van der Waals surface area contributed by atoms with Gasteiger partial charge in [0.05, 0.1) is 17.2 Å². The van der Waals surface area contributed by atoms with Crippen LogP contribution in [0.2, 0.25) is 0 Å². The SMILES string of the molecule is Cc1ccc(-c2scc(NC(=O)c3nc4ccccc4o3)c2C(=O)O)cc1CO. The van der Waals surface area contributed by atoms with Gasteiger partial charge in [0.1, 0.15) is 11.1 Å². The molecule has 0 atom stereocenters. The second-order valence-electron chi connectivity index (χ2n) is 6.40. The minimum Gasteiger partial charge on any atom is -0.478 e. The van der Waals surface area contributed by atoms with Crippen molar-refractivity contribution in [3.63, 3.8) is 0 Å². The van der Waals surface area contributed by atoms with E-state index in [1.807, 2.05) is 13.0 Å². The van der Waals surface area contributed by atoms with E-state index in [2.05, 4.69) is 10.3 Å². The number of hydrogen-bond donors (Lipinski definition) is 3. The van der Waals surface area contributed by atoms with Crippen LogP contribution in [0.4, 0.5) is 5.69 Å². The average molecular weight is 408 g/mol. The molecule has 0 bridgehead atoms. The van der Waals surface area contributed by atoms with Gasteiger partial charge in [-0.3, -0.25) is 4.79 Å². The normalized spacial score (nSPS) is 11.0. The Balaban J connectivity index is 1.69. The Morgan fingerprint density at radius 1 is 1.21 bits per heavy atom. The number of aromatic nitrogens is 1. The van der Waals surface area contributed by atoms with Gasteiger partial charge in [0, 0.05) is 5.38 Å². The number of carboxylic acid groups (broad SMARTS) is 1. The third-order valence-electron chi connectivity index (χ3n) is 4.52. The van der Waals surface area contributed by atoms with E-state index in [-0.39, 0.29) is 23.7 Å². The second-order valence-corrected chi connectivity index (χ2v) is 7.28. The molecule has 8 heteroatoms. The zero-order valence-electron chi connectivity index (χ0n) is 15.3. The molecule has 4 aromatic rings. The standard InChI is InChI=1S/C21H16N2O5S/c1-11-6-7-12(8-13(11)9-24)18-17(21(26)27)15(10-29-18)22-19(25)20-23-14-4-2-3-5-16(14)28-20/h2-8,10,24H,9H2,1H3,(H,22,25)(H,26,27). The summed E-state index contributed by atoms with van der Waals surface area (Å²) in [6.07, 6.45) is 0. The highest BCUT2D eigenvalue weighted by Gasteiger charge is 2.23. The maximum Gasteiger partial charge on any atom is 0.339 e. The molecule has 29 heavy (non-hydrogen) atoms. The number of nitrogens with one attached hydrogen (secondary N) is 1. The van der Waals surface area contributed by atoms with E-state index in [1.54, 1.807) is 41.8 Å². The van der Waals surface area contributed by atoms with E-state index in [1.165, 1.54) is 11.3 Å². The summed E-state index contributed by atoms with van der Waals surface area (Å²) in [5, 5.41) is 23.4. The van der Waals surface area contributed by atoms with Crippen molar-refractivity contribution < 1.29 is 24.2 Å². The molecule has 0 aliphatic carbocycles. The largest absolute Gasteiger partial charge is 0.478 e. The number of fused-ring (bicyclic) bond motifs is 1. The monoisotopic (exact) mass is 408 g/mol. The molecule has 0 spiro atoms. The van der Waals surface area contributed by atoms with Crippen molar-refractivity contribution in [2.24, 2.45) is 0 Å². The Bertz CT molecular complexity index is 1210. The van der Waals surface area contributed by atoms with Gasteiger partial charge in [-0.1, -0.05) is 24.3 Å². The van der Waals surface area contributed by atoms with Gasteiger partial charge >= 0.3 is 11.9 Å². The molecular weight excluding hydrogens is 392 g/mol. The molecule has 0 aliphatic rings. The lowest BCUT2D eigenvalue weighted by Gasteiger charge is -2.07. The number of carboxylic acids is 1. The minimum atomic E-state index is -1.17. The van der Waals surface area contributed by atoms with Crippen molar-refractivity contribution >= 4 is 40.0 Å². The number of carbonyl (C=O) groups is 2. The summed E-state index contributed by atoms with van der Waals surface area (Å²) in [4.78, 5) is 29.1. The Labute approximate surface area is 169 Å². The number of aryl methyl sites for hydroxylation is 1. The predicted octanol–water partition coefficient (Wildman–Crippen LogP) is 4.31. The smallest absolute Gasteiger partial charge is 0.339 e. The Morgan fingerprint density at radius 2 is 2.00 bits per heavy atom. The zero-order valence-corrected chi connectivity index (χ0v) is 16.1. The molecule has 7 nitrogen and oxygen atoms in total. The maximum absolute atomic E-state index is 12.6. The lowest BCUT2D eigenvalue weighted by molar-refractivity contribution is 0.0699. The van der Waals surface area contributed by atoms with Crippen molar-refractivity contribution in [2.45, 2.75) is 13.5 Å². The van der Waals surface area contributed by atoms with Crippen molar-refractivity contribution in [3.05, 3.63) is 70.4 Å². The Hall–Kier alpha value is -3.49. The molecule has 2 aromatic carbocycles. The summed E-state index contributed by atoms with van der Waals surface area (Å²) in [5.74, 6) is -1.94. The van der Waals surface area contributed by atoms with Gasteiger partial charge in [0.25, 0.3) is 5.89 Å². The van der Waals surface area contributed by atoms with Crippen LogP contribution in [0.3, 0.4) is 0 Å². The summed E-state index contributed by atoms with van der Waals surface area (Å²) in [7, 11) is 0. The van der Waals surface area contributed by atoms with E-state index in [4.69, 9.17) is 4.42 Å². The molecule has 0 saturated carbocycles. The van der Waals surface area contributed by atoms with E-state index in [0.29, 0.717) is 27.1 Å². The van der Waals surface area contributed by atoms with Gasteiger partial charge in [-0.2, -0.15) is 0 Å². The first-order valence-electron chi connectivity index (χ1n) is 8.70. The van der Waals surface area contributed by atoms with E-state index >= 15 is 0 Å². The Morgan fingerprint density at radius 3 is 2.72 bits per heavy atom. The molecular formula is C21H16N2O5S. The van der Waals surface area contributed by atoms with Crippen LogP contribution in [0, 0.1) is 6.92 Å². The number of anilines is 1. The summed E-state index contributed by atoms with van der Waals surface area (Å²) >= 11 is 1.20. The van der Waals surface area contributed by atoms with Gasteiger partial charge in [-0.15, -0.1) is 11.3 Å². The highest BCUT2D eigenvalue weighted by molar-refractivity contribution is 7.14. The number of aliphatic hydroxyl groups is 1. The number of benzene rings is 2. The van der Waals surface area contributed by atoms with Crippen LogP contribution in [0.25, 0.3) is 21.5 Å². The summed E-state index contributed by atoms with van der Waals surface area (Å²) in [6, 6.07) is 12.3. The molecule has 0 radical (unpaired) electrons. The van der Waals surface area contributed by atoms with Gasteiger partial charge in [-0.25, -0.2) is 9.78 Å². The number of rotatable bonds is 5. The topological polar surface area (TPSA) is 113 Å². The number of para-hydroxylation sites is 2. The highest BCUT2D eigenvalue weighted by Crippen LogP contribution is 2.37. The molecule has 0 fully saturated rings. The van der Waals surface area contributed by atoms with Crippen LogP contribution in [0.15, 0.2) is 52.3 Å². The highest BCUT2D eigenvalue weighted by atomic mass is 32.1. The van der Waals surface area contributed by atoms with Crippen LogP contribution in [0.5, 0.6) is 0 Å². The van der Waals surface area contributed by atoms with E-state index in [0.717, 1.165) is 5.56 Å². The third-order valence-corrected chi connectivity index (χ3v) is 5.55. The fraction of sp³-hybridized carbons (Fsp3) is 0.0952. The number of hydrogen-bond acceptors (Lipinski definition) is 6. The van der Waals surface area contributed by atoms with Gasteiger partial charge in [0.15, 0.2) is 5.58 Å². The molecule has 0 aliphatic heterocycles. The third kappa shape index (κ3) is 3.51. The number of amides is 1. The van der Waals surface area contributed by atoms with E-state index < -0.39 is 11.9 Å². The minimum absolute atomic E-state index is 0.0211. The zero-order chi connectivity index (χ0) is 20.5. The van der Waals surface area contributed by atoms with Crippen molar-refractivity contribution in [2.75, 3.05) is 5.32 Å². The molecule has 0 unspecified atom stereocenters. The second kappa shape index (κ2) is 7.50. The number of thiophene rings is 1. The van der Waals surface area contributed by atoms with Gasteiger partial charge in [-0.05, 0) is 41.8 Å². The van der Waals surface area contributed by atoms with Crippen molar-refractivity contribution in [1.29, 1.82) is 0 Å².